The van der Waals surface area contributed by atoms with E-state index in [1.165, 1.54) is 4.90 Å². The monoisotopic (exact) mass is 443 g/mol. The fourth-order valence-electron chi connectivity index (χ4n) is 2.78. The van der Waals surface area contributed by atoms with Crippen molar-refractivity contribution in [3.8, 4) is 0 Å². The Kier molecular flexibility index (Phi) is 6.23. The quantitative estimate of drug-likeness (QED) is 0.473. The van der Waals surface area contributed by atoms with Gasteiger partial charge in [0.25, 0.3) is 0 Å². The third kappa shape index (κ3) is 4.36. The van der Waals surface area contributed by atoms with Crippen molar-refractivity contribution in [2.45, 2.75) is 32.0 Å². The predicted molar refractivity (Wildman–Crippen MR) is 122 cm³/mol. The van der Waals surface area contributed by atoms with Crippen molar-refractivity contribution in [1.82, 2.24) is 4.98 Å². The average molecular weight is 444 g/mol. The topological polar surface area (TPSA) is 42.1 Å². The van der Waals surface area contributed by atoms with Crippen molar-refractivity contribution >= 4 is 52.7 Å². The van der Waals surface area contributed by atoms with Gasteiger partial charge in [0.2, 0.25) is 0 Å². The lowest BCUT2D eigenvalue weighted by molar-refractivity contribution is 0.848. The second kappa shape index (κ2) is 8.84. The summed E-state index contributed by atoms with van der Waals surface area (Å²) in [6, 6.07) is 20.3. The maximum atomic E-state index is 6.41. The van der Waals surface area contributed by atoms with Gasteiger partial charge in [0.15, 0.2) is 0 Å². The molecule has 0 radical (unpaired) electrons. The fraction of sp³-hybridized carbons (Fsp3) is 0.0952. The van der Waals surface area contributed by atoms with Crippen molar-refractivity contribution < 1.29 is 0 Å². The third-order valence-electron chi connectivity index (χ3n) is 4.08. The van der Waals surface area contributed by atoms with E-state index in [0.717, 1.165) is 31.2 Å². The van der Waals surface area contributed by atoms with Gasteiger partial charge in [-0.15, -0.1) is 0 Å². The van der Waals surface area contributed by atoms with Crippen LogP contribution in [0.3, 0.4) is 0 Å². The maximum absolute atomic E-state index is 6.41. The first-order valence-electron chi connectivity index (χ1n) is 8.64. The summed E-state index contributed by atoms with van der Waals surface area (Å²) in [6.45, 7) is 2.05. The van der Waals surface area contributed by atoms with Gasteiger partial charge in [-0.25, -0.2) is 4.98 Å². The molecule has 0 amide bonds. The highest BCUT2D eigenvalue weighted by Crippen LogP contribution is 2.43. The van der Waals surface area contributed by atoms with Gasteiger partial charge in [-0.05, 0) is 42.7 Å². The van der Waals surface area contributed by atoms with E-state index in [1.807, 2.05) is 48.7 Å². The van der Waals surface area contributed by atoms with Crippen LogP contribution in [0.2, 0.25) is 5.02 Å². The highest BCUT2D eigenvalue weighted by molar-refractivity contribution is 8.03. The largest absolute Gasteiger partial charge is 0.303 e. The van der Waals surface area contributed by atoms with Gasteiger partial charge in [0.05, 0.1) is 9.92 Å². The number of halogens is 1. The van der Waals surface area contributed by atoms with Gasteiger partial charge in [-0.3, -0.25) is 0 Å². The minimum Gasteiger partial charge on any atom is -0.303 e. The van der Waals surface area contributed by atoms with E-state index in [9.17, 15) is 0 Å². The number of thioether (sulfide) groups is 1. The van der Waals surface area contributed by atoms with Crippen molar-refractivity contribution in [3.05, 3.63) is 83.0 Å². The van der Waals surface area contributed by atoms with Crippen LogP contribution in [0.1, 0.15) is 6.92 Å². The number of nitrogens with two attached hydrogens (primary N) is 1. The highest BCUT2D eigenvalue weighted by atomic mass is 35.5. The summed E-state index contributed by atoms with van der Waals surface area (Å²) < 4.78 is 0. The first kappa shape index (κ1) is 19.7. The number of benzene rings is 2. The molecule has 4 rings (SSSR count). The summed E-state index contributed by atoms with van der Waals surface area (Å²) >= 11 is 11.3. The maximum Gasteiger partial charge on any atom is 0.148 e. The van der Waals surface area contributed by atoms with Crippen molar-refractivity contribution in [3.63, 3.8) is 0 Å². The molecule has 1 atom stereocenters. The molecule has 0 bridgehead atoms. The van der Waals surface area contributed by atoms with Gasteiger partial charge in [-0.2, -0.15) is 0 Å². The number of pyridine rings is 1. The van der Waals surface area contributed by atoms with Crippen LogP contribution in [0.5, 0.6) is 0 Å². The molecule has 2 N–H and O–H groups in total. The van der Waals surface area contributed by atoms with Crippen LogP contribution in [0.15, 0.2) is 97.5 Å². The molecule has 0 saturated heterocycles. The number of anilines is 1. The number of nitrogens with zero attached hydrogens (tertiary/aromatic N) is 2. The molecule has 1 aliphatic heterocycles. The number of hydrogen-bond donors (Lipinski definition) is 1. The second-order valence-electron chi connectivity index (χ2n) is 6.10. The van der Waals surface area contributed by atoms with Crippen LogP contribution in [0, 0.1) is 0 Å². The Hall–Kier alpha value is -1.57. The first-order chi connectivity index (χ1) is 13.6. The van der Waals surface area contributed by atoms with E-state index in [-0.39, 0.29) is 5.50 Å². The van der Waals surface area contributed by atoms with Gasteiger partial charge in [0, 0.05) is 26.6 Å². The van der Waals surface area contributed by atoms with Crippen LogP contribution in [-0.2, 0) is 0 Å². The summed E-state index contributed by atoms with van der Waals surface area (Å²) in [5.41, 5.74) is 7.23. The van der Waals surface area contributed by atoms with Gasteiger partial charge in [0.1, 0.15) is 11.3 Å². The lowest BCUT2D eigenvalue weighted by Gasteiger charge is -2.26. The van der Waals surface area contributed by atoms with Crippen LogP contribution < -0.4 is 10.6 Å². The normalized spacial score (nSPS) is 16.3. The van der Waals surface area contributed by atoms with Crippen LogP contribution in [-0.4, -0.2) is 10.5 Å². The minimum absolute atomic E-state index is 0.175. The van der Waals surface area contributed by atoms with E-state index in [0.29, 0.717) is 0 Å². The Morgan fingerprint density at radius 1 is 1.00 bits per heavy atom. The molecule has 1 aromatic heterocycles. The molecule has 0 saturated carbocycles. The van der Waals surface area contributed by atoms with E-state index in [2.05, 4.69) is 35.4 Å². The third-order valence-corrected chi connectivity index (χ3v) is 7.56. The molecule has 28 heavy (non-hydrogen) atoms. The number of allylic oxidation sites excluding steroid dienone is 1. The van der Waals surface area contributed by atoms with Crippen molar-refractivity contribution in [1.29, 1.82) is 0 Å². The molecule has 2 heterocycles. The SMILES string of the molecule is CC1=CSC(N)N1c1ncc(Sc2ccccc2)cc1Sc1ccccc1Cl. The fourth-order valence-corrected chi connectivity index (χ4v) is 5.76. The molecule has 1 aliphatic rings. The Morgan fingerprint density at radius 2 is 1.75 bits per heavy atom. The van der Waals surface area contributed by atoms with Crippen molar-refractivity contribution in [2.75, 3.05) is 4.90 Å². The van der Waals surface area contributed by atoms with Crippen LogP contribution in [0.25, 0.3) is 0 Å². The average Bonchev–Trinajstić information content (AvgIpc) is 3.03. The Morgan fingerprint density at radius 3 is 2.46 bits per heavy atom. The summed E-state index contributed by atoms with van der Waals surface area (Å²) in [7, 11) is 0. The number of rotatable bonds is 5. The van der Waals surface area contributed by atoms with E-state index in [4.69, 9.17) is 22.3 Å². The molecule has 3 aromatic rings. The molecular formula is C21H18ClN3S3. The molecule has 0 fully saturated rings. The van der Waals surface area contributed by atoms with Crippen LogP contribution in [0.4, 0.5) is 5.82 Å². The van der Waals surface area contributed by atoms with E-state index >= 15 is 0 Å². The standard InChI is InChI=1S/C21H18ClN3S3/c1-14-13-26-21(23)25(14)20-19(28-18-10-6-5-9-17(18)22)11-16(12-24-20)27-15-7-3-2-4-8-15/h2-13,21H,23H2,1H3. The Labute approximate surface area is 182 Å². The smallest absolute Gasteiger partial charge is 0.148 e. The molecule has 2 aromatic carbocycles. The number of aromatic nitrogens is 1. The summed E-state index contributed by atoms with van der Waals surface area (Å²) in [5, 5.41) is 2.80. The molecule has 7 heteroatoms. The zero-order valence-electron chi connectivity index (χ0n) is 15.1. The van der Waals surface area contributed by atoms with Crippen molar-refractivity contribution in [2.24, 2.45) is 5.73 Å². The summed E-state index contributed by atoms with van der Waals surface area (Å²) in [6.07, 6.45) is 1.91. The Balaban J connectivity index is 1.73. The summed E-state index contributed by atoms with van der Waals surface area (Å²) in [4.78, 5) is 11.1. The van der Waals surface area contributed by atoms with E-state index in [1.54, 1.807) is 35.3 Å². The summed E-state index contributed by atoms with van der Waals surface area (Å²) in [5.74, 6) is 0.855. The molecule has 142 valence electrons. The molecule has 3 nitrogen and oxygen atoms in total. The predicted octanol–water partition coefficient (Wildman–Crippen LogP) is 6.69. The molecule has 0 spiro atoms. The second-order valence-corrected chi connectivity index (χ2v) is 9.73. The minimum atomic E-state index is -0.175. The zero-order chi connectivity index (χ0) is 19.5. The van der Waals surface area contributed by atoms with Gasteiger partial charge < -0.3 is 10.6 Å². The van der Waals surface area contributed by atoms with Gasteiger partial charge >= 0.3 is 0 Å². The van der Waals surface area contributed by atoms with Gasteiger partial charge in [-0.1, -0.05) is 77.2 Å². The zero-order valence-corrected chi connectivity index (χ0v) is 18.3. The molecule has 0 aliphatic carbocycles. The lowest BCUT2D eigenvalue weighted by atomic mass is 10.4. The highest BCUT2D eigenvalue weighted by Gasteiger charge is 2.26. The molecule has 1 unspecified atom stereocenters. The first-order valence-corrected chi connectivity index (χ1v) is 11.6. The number of hydrogen-bond acceptors (Lipinski definition) is 6. The lowest BCUT2D eigenvalue weighted by Crippen LogP contribution is -2.35. The van der Waals surface area contributed by atoms with Crippen LogP contribution >= 0.6 is 46.9 Å². The molecular weight excluding hydrogens is 426 g/mol. The Bertz CT molecular complexity index is 1010. The van der Waals surface area contributed by atoms with E-state index < -0.39 is 0 Å².